The topological polar surface area (TPSA) is 512 Å². The third-order valence-electron chi connectivity index (χ3n) is 15.3. The van der Waals surface area contributed by atoms with E-state index in [2.05, 4.69) is 196 Å². The van der Waals surface area contributed by atoms with Crippen LogP contribution in [0.4, 0.5) is 66.9 Å². The molecular formula is C95H115BrClN27O7. The van der Waals surface area contributed by atoms with Crippen molar-refractivity contribution < 1.29 is 33.3 Å². The van der Waals surface area contributed by atoms with Crippen LogP contribution >= 0.6 is 29.4 Å². The van der Waals surface area contributed by atoms with Crippen molar-refractivity contribution in [2.75, 3.05) is 114 Å². The summed E-state index contributed by atoms with van der Waals surface area (Å²) in [4.78, 5) is 77.7. The molecule has 0 spiro atoms. The van der Waals surface area contributed by atoms with E-state index in [9.17, 15) is 19.6 Å². The predicted molar refractivity (Wildman–Crippen MR) is 532 cm³/mol. The van der Waals surface area contributed by atoms with Gasteiger partial charge in [0.05, 0.1) is 12.4 Å². The highest BCUT2D eigenvalue weighted by Gasteiger charge is 2.34. The lowest BCUT2D eigenvalue weighted by atomic mass is 10.0. The number of terminal acetylenes is 1. The first-order valence-corrected chi connectivity index (χ1v) is 38.2. The molecule has 0 radical (unpaired) electrons. The number of hydrogen-bond donors (Lipinski definition) is 13. The number of nitrogens with two attached hydrogens (primary N) is 8. The average molecular weight is 1860 g/mol. The minimum Gasteiger partial charge on any atom is -0.451 e. The van der Waals surface area contributed by atoms with Gasteiger partial charge in [-0.1, -0.05) is 125 Å². The van der Waals surface area contributed by atoms with Crippen molar-refractivity contribution in [1.29, 1.82) is 10.7 Å². The number of carbonyl (C=O) groups is 3. The number of nitrogens with zero attached hydrogens (tertiary/aromatic N) is 14. The van der Waals surface area contributed by atoms with Crippen LogP contribution in [0.15, 0.2) is 134 Å². The van der Waals surface area contributed by atoms with Gasteiger partial charge >= 0.3 is 24.3 Å². The maximum atomic E-state index is 11.9. The lowest BCUT2D eigenvalue weighted by molar-refractivity contribution is 0.0353. The number of benzene rings is 2. The Kier molecular flexibility index (Phi) is 59.5. The molecule has 0 saturated heterocycles. The van der Waals surface area contributed by atoms with Gasteiger partial charge in [0.25, 0.3) is 0 Å². The molecule has 6 amide bonds. The maximum absolute atomic E-state index is 11.9. The first-order valence-electron chi connectivity index (χ1n) is 38.2. The molecule has 0 aliphatic heterocycles. The third kappa shape index (κ3) is 48.4. The number of halogens is 2. The summed E-state index contributed by atoms with van der Waals surface area (Å²) in [6.45, 7) is 25.4. The highest BCUT2D eigenvalue weighted by atomic mass is 79.9. The zero-order chi connectivity index (χ0) is 94.9. The number of likely N-dealkylation sites (N-methyl/N-ethyl adjacent to an activating group) is 2. The van der Waals surface area contributed by atoms with E-state index in [1.807, 2.05) is 154 Å². The van der Waals surface area contributed by atoms with Crippen LogP contribution in [-0.2, 0) is 6.42 Å². The van der Waals surface area contributed by atoms with Gasteiger partial charge in [0.15, 0.2) is 41.0 Å². The molecule has 0 saturated carbocycles. The van der Waals surface area contributed by atoms with Crippen molar-refractivity contribution in [3.8, 4) is 159 Å². The third-order valence-corrected chi connectivity index (χ3v) is 15.3. The smallest absolute Gasteiger partial charge is 0.395 e. The van der Waals surface area contributed by atoms with Crippen LogP contribution in [-0.4, -0.2) is 159 Å². The van der Waals surface area contributed by atoms with Gasteiger partial charge in [-0.25, -0.2) is 50.9 Å². The summed E-state index contributed by atoms with van der Waals surface area (Å²) < 4.78 is 23.4. The molecule has 1 atom stereocenters. The molecule has 6 aromatic heterocycles. The molecule has 6 heterocycles. The van der Waals surface area contributed by atoms with E-state index in [1.165, 1.54) is 29.2 Å². The van der Waals surface area contributed by atoms with Crippen LogP contribution in [0.3, 0.4) is 0 Å². The van der Waals surface area contributed by atoms with Crippen LogP contribution in [0.1, 0.15) is 129 Å². The second-order valence-corrected chi connectivity index (χ2v) is 27.4. The number of nitriles is 1. The fourth-order valence-electron chi connectivity index (χ4n) is 9.25. The zero-order valence-electron chi connectivity index (χ0n) is 74.9. The Balaban J connectivity index is -0.00000151. The van der Waals surface area contributed by atoms with Gasteiger partial charge in [-0.3, -0.25) is 36.0 Å². The van der Waals surface area contributed by atoms with Gasteiger partial charge in [0.1, 0.15) is 52.3 Å². The van der Waals surface area contributed by atoms with Crippen molar-refractivity contribution in [3.05, 3.63) is 173 Å². The fourth-order valence-corrected chi connectivity index (χ4v) is 9.25. The number of guanidine groups is 1. The summed E-state index contributed by atoms with van der Waals surface area (Å²) >= 11 is 0. The number of carbonyl (C=O) groups excluding carboxylic acids is 3. The molecule has 8 rings (SSSR count). The molecule has 131 heavy (non-hydrogen) atoms. The summed E-state index contributed by atoms with van der Waals surface area (Å²) in [6.07, 6.45) is 15.8. The van der Waals surface area contributed by atoms with E-state index in [1.54, 1.807) is 90.2 Å². The summed E-state index contributed by atoms with van der Waals surface area (Å²) in [5.74, 6) is 52.2. The van der Waals surface area contributed by atoms with Crippen LogP contribution in [0.5, 0.6) is 34.5 Å². The number of pyridine rings is 4. The first-order chi connectivity index (χ1) is 60.4. The van der Waals surface area contributed by atoms with Crippen molar-refractivity contribution in [3.63, 3.8) is 0 Å². The van der Waals surface area contributed by atoms with Crippen molar-refractivity contribution >= 4 is 106 Å². The number of hydrogen-bond acceptors (Lipinski definition) is 25. The van der Waals surface area contributed by atoms with E-state index in [4.69, 9.17) is 71.8 Å². The van der Waals surface area contributed by atoms with Crippen molar-refractivity contribution in [2.24, 2.45) is 11.5 Å². The number of ether oxygens (including phenoxy) is 4. The average Bonchev–Trinajstić information content (AvgIpc) is 0.838. The number of anilines is 9. The van der Waals surface area contributed by atoms with Crippen LogP contribution in [0.25, 0.3) is 4.85 Å². The molecule has 0 bridgehead atoms. The Labute approximate surface area is 787 Å². The first kappa shape index (κ1) is 118. The second-order valence-electron chi connectivity index (χ2n) is 27.4. The molecule has 1 unspecified atom stereocenters. The van der Waals surface area contributed by atoms with Crippen LogP contribution in [0, 0.1) is 142 Å². The Morgan fingerprint density at radius 3 is 1.21 bits per heavy atom. The SMILES string of the molecule is Br.C.C.C#CC#CC#CC#CC#CC#CC#CC#CC#CC#CC.CC(C)c1cnc(N)cc1Oc1cnc(N)nc1N.CC(C)c1cnc(NC(=O)N(C)C)cc1O/C(C#N)=C/Cc1ccccc1.CC(C)c1cnc(NC(=O)N(C)C)cc1Oc1cnc(N)nc1N.Cl.N=C(N)N.Nc1ccccc1.[C-]#[N+]C(Oc1cc(NC(=O)NC)ncc1C(C)C)C(N(C)C)N(C)C. The van der Waals surface area contributed by atoms with Crippen molar-refractivity contribution in [2.45, 2.75) is 120 Å². The molecule has 2 aromatic carbocycles. The van der Waals surface area contributed by atoms with E-state index in [-0.39, 0.29) is 133 Å². The van der Waals surface area contributed by atoms with Crippen LogP contribution < -0.4 is 86.1 Å². The normalized spacial score (nSPS) is 9.37. The zero-order valence-corrected chi connectivity index (χ0v) is 77.5. The molecule has 21 N–H and O–H groups in total. The van der Waals surface area contributed by atoms with Gasteiger partial charge in [-0.05, 0) is 184 Å². The minimum atomic E-state index is -0.724. The van der Waals surface area contributed by atoms with E-state index >= 15 is 0 Å². The molecule has 34 nitrogen and oxygen atoms in total. The second kappa shape index (κ2) is 65.8. The molecule has 686 valence electrons. The van der Waals surface area contributed by atoms with Gasteiger partial charge < -0.3 is 79.9 Å². The van der Waals surface area contributed by atoms with Gasteiger partial charge in [-0.2, -0.15) is 15.2 Å². The molecular weight excluding hydrogens is 1750 g/mol. The largest absolute Gasteiger partial charge is 0.451 e. The number of nitrogens with one attached hydrogen (secondary N) is 5. The Bertz CT molecular complexity index is 5810. The number of allylic oxidation sites excluding steroid dienone is 2. The molecule has 0 fully saturated rings. The number of aromatic nitrogens is 8. The summed E-state index contributed by atoms with van der Waals surface area (Å²) in [6, 6.07) is 27.1. The molecule has 36 heteroatoms. The lowest BCUT2D eigenvalue weighted by Gasteiger charge is -2.30. The summed E-state index contributed by atoms with van der Waals surface area (Å²) in [7, 11) is 15.7. The highest BCUT2D eigenvalue weighted by Crippen LogP contribution is 2.36. The van der Waals surface area contributed by atoms with Crippen molar-refractivity contribution in [1.82, 2.24) is 64.8 Å². The van der Waals surface area contributed by atoms with E-state index in [0.717, 1.165) is 33.5 Å². The quantitative estimate of drug-likeness (QED) is 0.00492. The van der Waals surface area contributed by atoms with Crippen LogP contribution in [0.2, 0.25) is 0 Å². The number of nitrogen functional groups attached to an aromatic ring is 6. The summed E-state index contributed by atoms with van der Waals surface area (Å²) in [5.41, 5.74) is 47.9. The number of rotatable bonds is 20. The predicted octanol–water partition coefficient (Wildman–Crippen LogP) is 13.0. The number of para-hydroxylation sites is 1. The van der Waals surface area contributed by atoms with Gasteiger partial charge in [-0.15, -0.1) is 35.8 Å². The Hall–Kier alpha value is -16.7. The fraction of sp³-hybridized carbons (Fsp3) is 0.284. The maximum Gasteiger partial charge on any atom is 0.395 e. The monoisotopic (exact) mass is 1860 g/mol. The van der Waals surface area contributed by atoms with E-state index < -0.39 is 6.23 Å². The Morgan fingerprint density at radius 2 is 0.870 bits per heavy atom. The highest BCUT2D eigenvalue weighted by molar-refractivity contribution is 8.93. The lowest BCUT2D eigenvalue weighted by Crippen LogP contribution is -2.50. The number of amides is 6. The number of urea groups is 3. The summed E-state index contributed by atoms with van der Waals surface area (Å²) in [5, 5.41) is 26.0. The molecule has 8 aromatic rings. The van der Waals surface area contributed by atoms with Gasteiger partial charge in [0.2, 0.25) is 11.9 Å². The molecule has 0 aliphatic carbocycles. The Morgan fingerprint density at radius 1 is 0.519 bits per heavy atom. The van der Waals surface area contributed by atoms with Gasteiger partial charge in [0, 0.05) is 124 Å². The van der Waals surface area contributed by atoms with E-state index in [0.29, 0.717) is 58.4 Å². The molecule has 0 aliphatic rings. The minimum absolute atomic E-state index is 0. The standard InChI is InChI=1S/C21H24N4O2.C21H4.C17H28N6O2.C15H21N7O2.C12H16N6O.C6H7N.CH5N3.2CH4.BrH.ClH/c1-15(2)18-14-23-20(24-21(26)25(3)4)12-19(18)27-17(13-22)11-10-16-8-6-5-7-9-16;1-3-5-7-9-11-13-15-17-19-21-20-18-16-14-12-10-8-6-4-2;1-11(2)12-10-20-14(21-17(24)19-4)9-13(12)25-15(18-3)16(22(5)6)23(7)8;1-8(2)9-6-18-12(20-15(23)22(3)4)5-10(9)24-11-7-19-14(17)21-13(11)16;1-6(2)7-4-16-10(13)3-8(7)19-9-5-17-12(15)18-11(9)14;7-6-4-2-1-3-5-6;2-1(3)4;;;;/h5-9,11-12,14-15H,10H2,1-4H3,(H,23,24,26);1H,2H3;9-11,15-16H,1-2,4-8H3,(H2,19,20,21,24);5-8H,1-4H3,(H,18,20,23)(H4,16,17,19,21);3-6H,1-2H3,(H2,13,16)(H4,14,15,17,18);1-5H,7H2;(H5,2,3,4);2*1H4;2*1H/b17-11+;;;;;;;;;;.